The number of ether oxygens (including phenoxy) is 1. The summed E-state index contributed by atoms with van der Waals surface area (Å²) in [7, 11) is 1.93. The molecule has 21 heavy (non-hydrogen) atoms. The Morgan fingerprint density at radius 1 is 1.48 bits per heavy atom. The third kappa shape index (κ3) is 2.78. The minimum Gasteiger partial charge on any atom is -0.493 e. The van der Waals surface area contributed by atoms with Gasteiger partial charge in [-0.1, -0.05) is 36.7 Å². The average Bonchev–Trinajstić information content (AvgIpc) is 2.84. The lowest BCUT2D eigenvalue weighted by atomic mass is 9.88. The highest BCUT2D eigenvalue weighted by Gasteiger charge is 2.31. The van der Waals surface area contributed by atoms with E-state index in [0.717, 1.165) is 24.4 Å². The largest absolute Gasteiger partial charge is 0.493 e. The summed E-state index contributed by atoms with van der Waals surface area (Å²) < 4.78 is 7.79. The van der Waals surface area contributed by atoms with E-state index < -0.39 is 0 Å². The van der Waals surface area contributed by atoms with E-state index in [1.807, 2.05) is 23.9 Å². The summed E-state index contributed by atoms with van der Waals surface area (Å²) in [4.78, 5) is 0. The van der Waals surface area contributed by atoms with Gasteiger partial charge in [0, 0.05) is 13.0 Å². The molecule has 2 atom stereocenters. The molecule has 5 heteroatoms. The molecule has 0 aliphatic carbocycles. The summed E-state index contributed by atoms with van der Waals surface area (Å²) in [6, 6.07) is 8.38. The Bertz CT molecular complexity index is 606. The quantitative estimate of drug-likeness (QED) is 0.944. The lowest BCUT2D eigenvalue weighted by molar-refractivity contribution is 0.182. The fourth-order valence-electron chi connectivity index (χ4n) is 3.04. The first-order chi connectivity index (χ1) is 10.2. The molecule has 0 fully saturated rings. The second kappa shape index (κ2) is 6.08. The Kier molecular flexibility index (Phi) is 4.17. The Labute approximate surface area is 130 Å². The smallest absolute Gasteiger partial charge is 0.122 e. The molecule has 1 aliphatic heterocycles. The Morgan fingerprint density at radius 2 is 2.29 bits per heavy atom. The number of para-hydroxylation sites is 1. The third-order valence-corrected chi connectivity index (χ3v) is 4.33. The third-order valence-electron chi connectivity index (χ3n) is 4.04. The summed E-state index contributed by atoms with van der Waals surface area (Å²) >= 11 is 6.33. The lowest BCUT2D eigenvalue weighted by Crippen LogP contribution is -2.36. The van der Waals surface area contributed by atoms with Crippen LogP contribution < -0.4 is 10.1 Å². The molecular formula is C16H20ClN3O. The van der Waals surface area contributed by atoms with E-state index in [1.54, 1.807) is 6.20 Å². The molecule has 0 spiro atoms. The monoisotopic (exact) mass is 305 g/mol. The van der Waals surface area contributed by atoms with Gasteiger partial charge in [0.1, 0.15) is 5.75 Å². The number of nitrogens with one attached hydrogen (secondary N) is 1. The van der Waals surface area contributed by atoms with E-state index in [2.05, 4.69) is 29.5 Å². The standard InChI is InChI=1S/C16H20ClN3O/c1-3-18-15(16-13(17)9-19-20(16)2)12-8-11-6-4-5-7-14(11)21-10-12/h4-7,9,12,15,18H,3,8,10H2,1-2H3. The van der Waals surface area contributed by atoms with Crippen LogP contribution in [0.4, 0.5) is 0 Å². The van der Waals surface area contributed by atoms with Crippen molar-refractivity contribution in [1.29, 1.82) is 0 Å². The first-order valence-electron chi connectivity index (χ1n) is 7.32. The number of hydrogen-bond donors (Lipinski definition) is 1. The molecule has 112 valence electrons. The topological polar surface area (TPSA) is 39.1 Å². The predicted molar refractivity (Wildman–Crippen MR) is 83.8 cm³/mol. The first kappa shape index (κ1) is 14.4. The number of nitrogens with zero attached hydrogens (tertiary/aromatic N) is 2. The van der Waals surface area contributed by atoms with Crippen LogP contribution >= 0.6 is 11.6 Å². The van der Waals surface area contributed by atoms with Gasteiger partial charge in [-0.05, 0) is 24.6 Å². The molecule has 0 amide bonds. The molecule has 1 aromatic heterocycles. The molecule has 0 saturated carbocycles. The highest BCUT2D eigenvalue weighted by atomic mass is 35.5. The van der Waals surface area contributed by atoms with E-state index >= 15 is 0 Å². The van der Waals surface area contributed by atoms with Crippen LogP contribution in [0.25, 0.3) is 0 Å². The molecule has 0 radical (unpaired) electrons. The fourth-order valence-corrected chi connectivity index (χ4v) is 3.33. The van der Waals surface area contributed by atoms with Gasteiger partial charge >= 0.3 is 0 Å². The normalized spacial score (nSPS) is 18.9. The van der Waals surface area contributed by atoms with Gasteiger partial charge in [-0.25, -0.2) is 0 Å². The zero-order valence-corrected chi connectivity index (χ0v) is 13.1. The van der Waals surface area contributed by atoms with Crippen LogP contribution in [-0.4, -0.2) is 22.9 Å². The van der Waals surface area contributed by atoms with Crippen molar-refractivity contribution < 1.29 is 4.74 Å². The zero-order valence-electron chi connectivity index (χ0n) is 12.3. The maximum atomic E-state index is 6.33. The van der Waals surface area contributed by atoms with Gasteiger partial charge in [0.05, 0.1) is 29.6 Å². The van der Waals surface area contributed by atoms with Crippen molar-refractivity contribution in [2.75, 3.05) is 13.2 Å². The molecule has 3 rings (SSSR count). The van der Waals surface area contributed by atoms with E-state index in [-0.39, 0.29) is 6.04 Å². The van der Waals surface area contributed by atoms with Gasteiger partial charge in [-0.3, -0.25) is 4.68 Å². The van der Waals surface area contributed by atoms with Crippen LogP contribution in [0.3, 0.4) is 0 Å². The average molecular weight is 306 g/mol. The van der Waals surface area contributed by atoms with Gasteiger partial charge in [-0.15, -0.1) is 0 Å². The number of aryl methyl sites for hydroxylation is 1. The van der Waals surface area contributed by atoms with E-state index in [0.29, 0.717) is 17.5 Å². The Hall–Kier alpha value is -1.52. The maximum absolute atomic E-state index is 6.33. The van der Waals surface area contributed by atoms with Crippen LogP contribution in [0.15, 0.2) is 30.5 Å². The van der Waals surface area contributed by atoms with E-state index in [4.69, 9.17) is 16.3 Å². The van der Waals surface area contributed by atoms with Crippen molar-refractivity contribution >= 4 is 11.6 Å². The summed E-state index contributed by atoms with van der Waals surface area (Å²) in [5.41, 5.74) is 2.29. The second-order valence-electron chi connectivity index (χ2n) is 5.42. The van der Waals surface area contributed by atoms with Gasteiger partial charge in [0.25, 0.3) is 0 Å². The highest BCUT2D eigenvalue weighted by molar-refractivity contribution is 6.31. The van der Waals surface area contributed by atoms with Crippen LogP contribution in [0.5, 0.6) is 5.75 Å². The molecule has 1 aromatic carbocycles. The Morgan fingerprint density at radius 3 is 3.00 bits per heavy atom. The van der Waals surface area contributed by atoms with Crippen molar-refractivity contribution in [1.82, 2.24) is 15.1 Å². The molecule has 0 bridgehead atoms. The molecule has 0 saturated heterocycles. The molecule has 2 aromatic rings. The van der Waals surface area contributed by atoms with Gasteiger partial charge in [0.15, 0.2) is 0 Å². The minimum atomic E-state index is 0.142. The molecule has 4 nitrogen and oxygen atoms in total. The second-order valence-corrected chi connectivity index (χ2v) is 5.83. The summed E-state index contributed by atoms with van der Waals surface area (Å²) in [6.45, 7) is 3.68. The van der Waals surface area contributed by atoms with E-state index in [9.17, 15) is 0 Å². The van der Waals surface area contributed by atoms with E-state index in [1.165, 1.54) is 5.56 Å². The van der Waals surface area contributed by atoms with Crippen LogP contribution in [0.1, 0.15) is 24.2 Å². The van der Waals surface area contributed by atoms with Crippen molar-refractivity contribution in [2.24, 2.45) is 13.0 Å². The first-order valence-corrected chi connectivity index (χ1v) is 7.70. The number of benzene rings is 1. The Balaban J connectivity index is 1.89. The van der Waals surface area contributed by atoms with Crippen molar-refractivity contribution in [2.45, 2.75) is 19.4 Å². The van der Waals surface area contributed by atoms with Crippen LogP contribution in [-0.2, 0) is 13.5 Å². The van der Waals surface area contributed by atoms with Gasteiger partial charge < -0.3 is 10.1 Å². The lowest BCUT2D eigenvalue weighted by Gasteiger charge is -2.32. The minimum absolute atomic E-state index is 0.142. The van der Waals surface area contributed by atoms with Gasteiger partial charge in [-0.2, -0.15) is 5.10 Å². The predicted octanol–water partition coefficient (Wildman–Crippen LogP) is 2.98. The number of fused-ring (bicyclic) bond motifs is 1. The highest BCUT2D eigenvalue weighted by Crippen LogP contribution is 2.35. The SMILES string of the molecule is CCNC(c1c(Cl)cnn1C)C1COc2ccccc2C1. The van der Waals surface area contributed by atoms with Crippen molar-refractivity contribution in [3.05, 3.63) is 46.7 Å². The number of rotatable bonds is 4. The molecule has 2 unspecified atom stereocenters. The van der Waals surface area contributed by atoms with Gasteiger partial charge in [0.2, 0.25) is 0 Å². The summed E-state index contributed by atoms with van der Waals surface area (Å²) in [5, 5.41) is 8.51. The summed E-state index contributed by atoms with van der Waals surface area (Å²) in [5.74, 6) is 1.34. The van der Waals surface area contributed by atoms with Crippen molar-refractivity contribution in [3.63, 3.8) is 0 Å². The van der Waals surface area contributed by atoms with Crippen LogP contribution in [0, 0.1) is 5.92 Å². The van der Waals surface area contributed by atoms with Crippen molar-refractivity contribution in [3.8, 4) is 5.75 Å². The zero-order chi connectivity index (χ0) is 14.8. The molecule has 2 heterocycles. The summed E-state index contributed by atoms with van der Waals surface area (Å²) in [6.07, 6.45) is 2.69. The molecule has 1 aliphatic rings. The maximum Gasteiger partial charge on any atom is 0.122 e. The number of aromatic nitrogens is 2. The molecule has 1 N–H and O–H groups in total. The number of halogens is 1. The van der Waals surface area contributed by atoms with Crippen LogP contribution in [0.2, 0.25) is 5.02 Å². The number of hydrogen-bond acceptors (Lipinski definition) is 3. The fraction of sp³-hybridized carbons (Fsp3) is 0.438. The molecular weight excluding hydrogens is 286 g/mol.